The number of nitrogens with one attached hydrogen (secondary N) is 1. The summed E-state index contributed by atoms with van der Waals surface area (Å²) in [5.74, 6) is -0.727. The van der Waals surface area contributed by atoms with Gasteiger partial charge in [0.1, 0.15) is 5.82 Å². The zero-order chi connectivity index (χ0) is 13.8. The number of benzene rings is 2. The molecule has 0 atom stereocenters. The van der Waals surface area contributed by atoms with E-state index in [9.17, 15) is 9.18 Å². The molecule has 0 fully saturated rings. The fraction of sp³-hybridized carbons (Fsp3) is 0.133. The lowest BCUT2D eigenvalue weighted by Crippen LogP contribution is -2.22. The molecule has 0 bridgehead atoms. The van der Waals surface area contributed by atoms with Crippen molar-refractivity contribution in [2.45, 2.75) is 13.5 Å². The summed E-state index contributed by atoms with van der Waals surface area (Å²) < 4.78 is 13.7. The van der Waals surface area contributed by atoms with E-state index in [-0.39, 0.29) is 5.91 Å². The Balaban J connectivity index is 2.01. The molecular weight excluding hydrogens is 309 g/mol. The second-order valence-corrected chi connectivity index (χ2v) is 5.15. The molecule has 0 aromatic heterocycles. The van der Waals surface area contributed by atoms with Gasteiger partial charge in [0.15, 0.2) is 0 Å². The standard InChI is InChI=1S/C15H13BrFNO/c1-10-2-4-11(5-3-10)9-18-15(19)12-6-7-13(16)14(17)8-12/h2-8H,9H2,1H3,(H,18,19). The zero-order valence-corrected chi connectivity index (χ0v) is 12.0. The second kappa shape index (κ2) is 5.97. The fourth-order valence-corrected chi connectivity index (χ4v) is 1.87. The van der Waals surface area contributed by atoms with Crippen molar-refractivity contribution in [3.8, 4) is 0 Å². The average Bonchev–Trinajstić information content (AvgIpc) is 2.41. The summed E-state index contributed by atoms with van der Waals surface area (Å²) in [4.78, 5) is 11.9. The van der Waals surface area contributed by atoms with Crippen molar-refractivity contribution in [2.24, 2.45) is 0 Å². The molecule has 98 valence electrons. The Morgan fingerprint density at radius 1 is 1.21 bits per heavy atom. The summed E-state index contributed by atoms with van der Waals surface area (Å²) >= 11 is 3.05. The van der Waals surface area contributed by atoms with E-state index in [0.29, 0.717) is 16.6 Å². The number of aryl methyl sites for hydroxylation is 1. The first-order chi connectivity index (χ1) is 9.06. The van der Waals surface area contributed by atoms with E-state index >= 15 is 0 Å². The molecule has 4 heteroatoms. The molecule has 0 spiro atoms. The molecule has 0 radical (unpaired) electrons. The van der Waals surface area contributed by atoms with Crippen LogP contribution in [-0.2, 0) is 6.54 Å². The van der Waals surface area contributed by atoms with Gasteiger partial charge in [-0.25, -0.2) is 4.39 Å². The van der Waals surface area contributed by atoms with Gasteiger partial charge in [-0.05, 0) is 46.6 Å². The summed E-state index contributed by atoms with van der Waals surface area (Å²) in [5.41, 5.74) is 2.49. The van der Waals surface area contributed by atoms with Crippen LogP contribution in [0, 0.1) is 12.7 Å². The lowest BCUT2D eigenvalue weighted by molar-refractivity contribution is 0.0950. The molecule has 0 saturated heterocycles. The van der Waals surface area contributed by atoms with E-state index in [1.165, 1.54) is 17.7 Å². The molecule has 2 nitrogen and oxygen atoms in total. The third-order valence-corrected chi connectivity index (χ3v) is 3.40. The van der Waals surface area contributed by atoms with Crippen LogP contribution < -0.4 is 5.32 Å². The number of rotatable bonds is 3. The molecule has 0 saturated carbocycles. The summed E-state index contributed by atoms with van der Waals surface area (Å²) in [5, 5.41) is 2.76. The third kappa shape index (κ3) is 3.64. The van der Waals surface area contributed by atoms with Crippen LogP contribution in [0.4, 0.5) is 4.39 Å². The molecular formula is C15H13BrFNO. The molecule has 2 aromatic rings. The summed E-state index contributed by atoms with van der Waals surface area (Å²) in [6.07, 6.45) is 0. The van der Waals surface area contributed by atoms with Crippen LogP contribution >= 0.6 is 15.9 Å². The minimum Gasteiger partial charge on any atom is -0.348 e. The van der Waals surface area contributed by atoms with E-state index in [1.807, 2.05) is 31.2 Å². The maximum atomic E-state index is 13.3. The fourth-order valence-electron chi connectivity index (χ4n) is 1.63. The molecule has 0 unspecified atom stereocenters. The molecule has 0 aliphatic heterocycles. The highest BCUT2D eigenvalue weighted by Gasteiger charge is 2.08. The minimum atomic E-state index is -0.442. The van der Waals surface area contributed by atoms with E-state index in [0.717, 1.165) is 5.56 Å². The quantitative estimate of drug-likeness (QED) is 0.914. The monoisotopic (exact) mass is 321 g/mol. The van der Waals surface area contributed by atoms with Gasteiger partial charge in [-0.2, -0.15) is 0 Å². The Morgan fingerprint density at radius 3 is 2.53 bits per heavy atom. The second-order valence-electron chi connectivity index (χ2n) is 4.30. The van der Waals surface area contributed by atoms with Crippen molar-refractivity contribution in [3.63, 3.8) is 0 Å². The van der Waals surface area contributed by atoms with Crippen molar-refractivity contribution in [1.82, 2.24) is 5.32 Å². The first kappa shape index (κ1) is 13.7. The predicted octanol–water partition coefficient (Wildman–Crippen LogP) is 3.83. The minimum absolute atomic E-state index is 0.285. The van der Waals surface area contributed by atoms with E-state index in [2.05, 4.69) is 21.2 Å². The lowest BCUT2D eigenvalue weighted by Gasteiger charge is -2.06. The van der Waals surface area contributed by atoms with Gasteiger partial charge in [-0.1, -0.05) is 29.8 Å². The summed E-state index contributed by atoms with van der Waals surface area (Å²) in [7, 11) is 0. The van der Waals surface area contributed by atoms with Gasteiger partial charge in [0.05, 0.1) is 4.47 Å². The smallest absolute Gasteiger partial charge is 0.251 e. The van der Waals surface area contributed by atoms with E-state index in [4.69, 9.17) is 0 Å². The van der Waals surface area contributed by atoms with Crippen molar-refractivity contribution < 1.29 is 9.18 Å². The zero-order valence-electron chi connectivity index (χ0n) is 10.4. The van der Waals surface area contributed by atoms with Crippen LogP contribution in [0.15, 0.2) is 46.9 Å². The molecule has 19 heavy (non-hydrogen) atoms. The summed E-state index contributed by atoms with van der Waals surface area (Å²) in [6.45, 7) is 2.43. The number of hydrogen-bond donors (Lipinski definition) is 1. The van der Waals surface area contributed by atoms with Crippen molar-refractivity contribution in [2.75, 3.05) is 0 Å². The number of amides is 1. The first-order valence-corrected chi connectivity index (χ1v) is 6.64. The Morgan fingerprint density at radius 2 is 1.89 bits per heavy atom. The maximum absolute atomic E-state index is 13.3. The first-order valence-electron chi connectivity index (χ1n) is 5.85. The summed E-state index contributed by atoms with van der Waals surface area (Å²) in [6, 6.07) is 12.2. The molecule has 2 aromatic carbocycles. The van der Waals surface area contributed by atoms with Crippen LogP contribution in [0.3, 0.4) is 0 Å². The molecule has 1 amide bonds. The van der Waals surface area contributed by atoms with Gasteiger partial charge < -0.3 is 5.32 Å². The van der Waals surface area contributed by atoms with E-state index in [1.54, 1.807) is 6.07 Å². The van der Waals surface area contributed by atoms with Gasteiger partial charge >= 0.3 is 0 Å². The highest BCUT2D eigenvalue weighted by atomic mass is 79.9. The van der Waals surface area contributed by atoms with Gasteiger partial charge in [0.2, 0.25) is 0 Å². The largest absolute Gasteiger partial charge is 0.348 e. The average molecular weight is 322 g/mol. The van der Waals surface area contributed by atoms with E-state index < -0.39 is 5.82 Å². The number of carbonyl (C=O) groups is 1. The van der Waals surface area contributed by atoms with Crippen molar-refractivity contribution in [3.05, 3.63) is 69.4 Å². The Kier molecular flexibility index (Phi) is 4.32. The lowest BCUT2D eigenvalue weighted by atomic mass is 10.1. The number of halogens is 2. The van der Waals surface area contributed by atoms with Crippen LogP contribution in [0.5, 0.6) is 0 Å². The highest BCUT2D eigenvalue weighted by molar-refractivity contribution is 9.10. The molecule has 0 aliphatic rings. The Labute approximate surface area is 119 Å². The van der Waals surface area contributed by atoms with Gasteiger partial charge in [-0.15, -0.1) is 0 Å². The SMILES string of the molecule is Cc1ccc(CNC(=O)c2ccc(Br)c(F)c2)cc1. The molecule has 1 N–H and O–H groups in total. The van der Waals surface area contributed by atoms with Crippen LogP contribution in [0.2, 0.25) is 0 Å². The Hall–Kier alpha value is -1.68. The molecule has 2 rings (SSSR count). The topological polar surface area (TPSA) is 29.1 Å². The van der Waals surface area contributed by atoms with Crippen molar-refractivity contribution >= 4 is 21.8 Å². The molecule has 0 aliphatic carbocycles. The van der Waals surface area contributed by atoms with Crippen LogP contribution in [0.25, 0.3) is 0 Å². The molecule has 0 heterocycles. The normalized spacial score (nSPS) is 10.3. The third-order valence-electron chi connectivity index (χ3n) is 2.76. The maximum Gasteiger partial charge on any atom is 0.251 e. The highest BCUT2D eigenvalue weighted by Crippen LogP contribution is 2.16. The Bertz CT molecular complexity index is 596. The van der Waals surface area contributed by atoms with Gasteiger partial charge in [-0.3, -0.25) is 4.79 Å². The number of hydrogen-bond acceptors (Lipinski definition) is 1. The van der Waals surface area contributed by atoms with Crippen molar-refractivity contribution in [1.29, 1.82) is 0 Å². The predicted molar refractivity (Wildman–Crippen MR) is 76.4 cm³/mol. The van der Waals surface area contributed by atoms with Crippen LogP contribution in [-0.4, -0.2) is 5.91 Å². The number of carbonyl (C=O) groups excluding carboxylic acids is 1. The van der Waals surface area contributed by atoms with Gasteiger partial charge in [0, 0.05) is 12.1 Å². The van der Waals surface area contributed by atoms with Gasteiger partial charge in [0.25, 0.3) is 5.91 Å². The van der Waals surface area contributed by atoms with Crippen LogP contribution in [0.1, 0.15) is 21.5 Å².